The van der Waals surface area contributed by atoms with Crippen molar-refractivity contribution in [2.24, 2.45) is 0 Å². The molecule has 18 N–H and O–H groups in total. The average molecular weight is 1880 g/mol. The molecule has 135 heavy (non-hydrogen) atoms. The van der Waals surface area contributed by atoms with Crippen molar-refractivity contribution in [3.63, 3.8) is 0 Å². The molecular formula is C100H156ClFN30O3. The van der Waals surface area contributed by atoms with E-state index >= 15 is 0 Å². The van der Waals surface area contributed by atoms with Crippen molar-refractivity contribution in [3.05, 3.63) is 108 Å². The zero-order valence-corrected chi connectivity index (χ0v) is 82.2. The van der Waals surface area contributed by atoms with Gasteiger partial charge in [0.25, 0.3) is 0 Å². The predicted octanol–water partition coefficient (Wildman–Crippen LogP) is 23.1. The monoisotopic (exact) mass is 1880 g/mol. The first-order chi connectivity index (χ1) is 62.6. The summed E-state index contributed by atoms with van der Waals surface area (Å²) in [6.45, 7) is 41.2. The molecule has 0 amide bonds. The maximum Gasteiger partial charge on any atom is 0.222 e. The Labute approximate surface area is 804 Å². The summed E-state index contributed by atoms with van der Waals surface area (Å²) in [7, 11) is 0. The van der Waals surface area contributed by atoms with Gasteiger partial charge in [-0.3, -0.25) is 19.9 Å². The molecule has 12 rings (SSSR count). The van der Waals surface area contributed by atoms with E-state index in [0.29, 0.717) is 75.1 Å². The molecule has 6 atom stereocenters. The fourth-order valence-corrected chi connectivity index (χ4v) is 15.2. The first-order valence-electron chi connectivity index (χ1n) is 46.5. The number of nitrogens with two attached hydrogens (primary N) is 6. The number of nitrogen functional groups attached to an aromatic ring is 6. The molecule has 0 radical (unpaired) electrons. The molecule has 12 heterocycles. The van der Waals surface area contributed by atoms with Gasteiger partial charge in [0.1, 0.15) is 56.3 Å². The summed E-state index contributed by atoms with van der Waals surface area (Å²) < 4.78 is 13.3. The zero-order valence-electron chi connectivity index (χ0n) is 81.5. The third-order valence-corrected chi connectivity index (χ3v) is 23.8. The van der Waals surface area contributed by atoms with E-state index in [0.717, 1.165) is 196 Å². The van der Waals surface area contributed by atoms with E-state index in [1.165, 1.54) is 25.1 Å². The highest BCUT2D eigenvalue weighted by Crippen LogP contribution is 2.36. The molecule has 33 nitrogen and oxygen atoms in total. The van der Waals surface area contributed by atoms with E-state index in [2.05, 4.69) is 225 Å². The Kier molecular flexibility index (Phi) is 46.3. The highest BCUT2D eigenvalue weighted by Gasteiger charge is 2.32. The van der Waals surface area contributed by atoms with Crippen molar-refractivity contribution in [2.45, 2.75) is 361 Å². The lowest BCUT2D eigenvalue weighted by atomic mass is 9.89. The SMILES string of the molecule is C.C.C.CCCC[C@@](C)(CC)Nc1nc(N)nc2cc(F)cnc12.CCCC[C@@](C)(CC)Nc1nc(N)nc2cccnc12.CCCC[C@@](C)(CCC(C)=O)Nc1nc(N)nc2c(C)ccnc12.CCCC[C@@](C)(CCC(C)=O)Nc1nc(N)nc2cc(C)cnc12.CCCC[C@@](C)(CCC(C)=O)Nc1nc(N)nc2cc(Cl)cnc12.CCC[C@](C)(CC)Nc1nc(N)nc2cccnc12. The van der Waals surface area contributed by atoms with Crippen molar-refractivity contribution in [3.8, 4) is 0 Å². The number of carbonyl (C=O) groups excluding carboxylic acids is 3. The van der Waals surface area contributed by atoms with Crippen LogP contribution in [0.4, 0.5) is 75.0 Å². The molecule has 0 fully saturated rings. The summed E-state index contributed by atoms with van der Waals surface area (Å²) in [5.74, 6) is 5.30. The molecule has 12 aromatic heterocycles. The highest BCUT2D eigenvalue weighted by molar-refractivity contribution is 6.31. The molecule has 0 spiro atoms. The molecule has 0 aromatic carbocycles. The number of rotatable bonds is 41. The Morgan fingerprint density at radius 3 is 0.963 bits per heavy atom. The molecule has 0 bridgehead atoms. The van der Waals surface area contributed by atoms with Gasteiger partial charge in [0.15, 0.2) is 34.9 Å². The minimum absolute atomic E-state index is 0. The summed E-state index contributed by atoms with van der Waals surface area (Å²) >= 11 is 5.99. The van der Waals surface area contributed by atoms with Gasteiger partial charge in [0.2, 0.25) is 35.7 Å². The fraction of sp³-hybridized carbons (Fsp3) is 0.550. The van der Waals surface area contributed by atoms with Gasteiger partial charge in [0, 0.05) is 89.5 Å². The summed E-state index contributed by atoms with van der Waals surface area (Å²) in [6, 6.07) is 14.4. The maximum absolute atomic E-state index is 13.3. The second-order valence-corrected chi connectivity index (χ2v) is 36.6. The number of nitrogens with zero attached hydrogens (tertiary/aromatic N) is 18. The van der Waals surface area contributed by atoms with E-state index in [9.17, 15) is 18.8 Å². The smallest absolute Gasteiger partial charge is 0.222 e. The summed E-state index contributed by atoms with van der Waals surface area (Å²) in [5, 5.41) is 21.4. The summed E-state index contributed by atoms with van der Waals surface area (Å²) in [4.78, 5) is 112. The molecule has 0 aliphatic carbocycles. The molecule has 738 valence electrons. The van der Waals surface area contributed by atoms with E-state index in [4.69, 9.17) is 46.0 Å². The number of unbranched alkanes of at least 4 members (excludes halogenated alkanes) is 5. The average Bonchev–Trinajstić information content (AvgIpc) is 0.769. The number of hydrogen-bond acceptors (Lipinski definition) is 33. The number of nitrogens with one attached hydrogen (secondary N) is 6. The number of halogens is 2. The lowest BCUT2D eigenvalue weighted by molar-refractivity contribution is -0.118. The topological polar surface area (TPSA) is 512 Å². The van der Waals surface area contributed by atoms with Gasteiger partial charge in [-0.25, -0.2) is 44.3 Å². The number of pyridine rings is 6. The summed E-state index contributed by atoms with van der Waals surface area (Å²) in [5.41, 5.74) is 44.3. The van der Waals surface area contributed by atoms with E-state index in [-0.39, 0.29) is 109 Å². The maximum atomic E-state index is 13.3. The Bertz CT molecular complexity index is 5640. The van der Waals surface area contributed by atoms with Crippen molar-refractivity contribution in [1.29, 1.82) is 0 Å². The summed E-state index contributed by atoms with van der Waals surface area (Å²) in [6.07, 6.45) is 34.8. The quantitative estimate of drug-likeness (QED) is 0.0169. The van der Waals surface area contributed by atoms with Crippen LogP contribution in [-0.4, -0.2) is 140 Å². The zero-order chi connectivity index (χ0) is 97.2. The van der Waals surface area contributed by atoms with Gasteiger partial charge >= 0.3 is 0 Å². The van der Waals surface area contributed by atoms with Crippen LogP contribution in [0.3, 0.4) is 0 Å². The van der Waals surface area contributed by atoms with E-state index in [1.54, 1.807) is 57.8 Å². The Balaban J connectivity index is 0.000000338. The number of ketones is 3. The number of carbonyl (C=O) groups is 3. The van der Waals surface area contributed by atoms with Gasteiger partial charge in [-0.05, 0) is 207 Å². The predicted molar refractivity (Wildman–Crippen MR) is 560 cm³/mol. The first-order valence-corrected chi connectivity index (χ1v) is 46.9. The second kappa shape index (κ2) is 54.4. The van der Waals surface area contributed by atoms with Crippen LogP contribution in [0.25, 0.3) is 66.2 Å². The normalized spacial score (nSPS) is 13.6. The Hall–Kier alpha value is -12.2. The number of aromatic nitrogens is 18. The molecular weight excluding hydrogens is 1720 g/mol. The molecule has 0 saturated carbocycles. The fourth-order valence-electron chi connectivity index (χ4n) is 15.0. The lowest BCUT2D eigenvalue weighted by Crippen LogP contribution is -2.36. The van der Waals surface area contributed by atoms with Gasteiger partial charge < -0.3 is 80.7 Å². The van der Waals surface area contributed by atoms with Crippen LogP contribution in [0.1, 0.15) is 325 Å². The van der Waals surface area contributed by atoms with Gasteiger partial charge in [0.05, 0.1) is 44.3 Å². The first kappa shape index (κ1) is 115. The van der Waals surface area contributed by atoms with E-state index < -0.39 is 5.82 Å². The molecule has 0 unspecified atom stereocenters. The molecule has 0 aliphatic heterocycles. The number of aryl methyl sites for hydroxylation is 2. The van der Waals surface area contributed by atoms with Gasteiger partial charge in [-0.15, -0.1) is 0 Å². The van der Waals surface area contributed by atoms with Crippen LogP contribution in [0.15, 0.2) is 85.7 Å². The van der Waals surface area contributed by atoms with Crippen molar-refractivity contribution < 1.29 is 18.8 Å². The van der Waals surface area contributed by atoms with Crippen LogP contribution < -0.4 is 66.3 Å². The molecule has 35 heteroatoms. The van der Waals surface area contributed by atoms with Crippen molar-refractivity contribution in [1.82, 2.24) is 89.7 Å². The second-order valence-electron chi connectivity index (χ2n) is 36.1. The largest absolute Gasteiger partial charge is 0.368 e. The number of hydrogen-bond donors (Lipinski definition) is 12. The molecule has 0 saturated heterocycles. The van der Waals surface area contributed by atoms with Crippen molar-refractivity contribution in [2.75, 3.05) is 66.3 Å². The third-order valence-electron chi connectivity index (χ3n) is 23.6. The lowest BCUT2D eigenvalue weighted by Gasteiger charge is -2.31. The van der Waals surface area contributed by atoms with Crippen LogP contribution in [0.5, 0.6) is 0 Å². The Morgan fingerprint density at radius 2 is 0.615 bits per heavy atom. The minimum Gasteiger partial charge on any atom is -0.368 e. The number of Topliss-reactive ketones (excluding diaryl/α,β-unsaturated/α-hetero) is 3. The van der Waals surface area contributed by atoms with Crippen LogP contribution in [0.2, 0.25) is 5.02 Å². The Morgan fingerprint density at radius 1 is 0.326 bits per heavy atom. The van der Waals surface area contributed by atoms with Crippen LogP contribution >= 0.6 is 11.6 Å². The molecule has 0 aliphatic rings. The standard InChI is InChI=1S/2C18H27N5O.C17H24ClN5O.C15H22FN5.C15H23N5.C14H21N5.3CH4/c1-5-6-9-18(4,10-7-13(3)24)23-16-15-14(21-17(19)22-16)12(2)8-11-20-15;1-5-6-8-18(4,9-7-13(3)24)23-16-15-14(21-17(19)22-16)10-12(2)11-20-15;1-4-5-7-17(3,8-6-11(2)24)23-15-14-13(21-16(19)22-15)9-12(18)10-20-14;1-4-6-7-15(3,5-2)21-13-12-11(19-14(17)20-13)8-10(16)9-18-12;1-4-6-9-15(3,5-2)20-13-12-11(8-7-10-17-12)18-14(16)19-13;1-4-8-14(3,5-2)19-12-11-10(7-6-9-16-11)17-13(15)18-12;;;/h8,11H,5-7,9-10H2,1-4H3,(H3,19,21,22,23);10-11H,5-9H2,1-4H3,(H3,19,21,22,23);9-10H,4-8H2,1-3H3,(H3,19,21,22,23);8-9H,4-7H2,1-3H3,(H3,17,19,20,21);7-8,10H,4-6,9H2,1-3H3,(H3,16,18,19,20);6-7,9H,4-5,8H2,1-3H3,(H3,15,17,18,19);3*1H4/t2*18-;17-;2*15-;14-;;;/m000110.../s1. The third kappa shape index (κ3) is 35.8. The number of anilines is 12. The number of fused-ring (bicyclic) bond motifs is 6. The van der Waals surface area contributed by atoms with Crippen LogP contribution in [0, 0.1) is 19.7 Å². The van der Waals surface area contributed by atoms with Crippen molar-refractivity contribution >= 4 is 166 Å². The van der Waals surface area contributed by atoms with E-state index in [1.807, 2.05) is 50.2 Å². The van der Waals surface area contributed by atoms with Gasteiger partial charge in [-0.1, -0.05) is 167 Å². The van der Waals surface area contributed by atoms with Gasteiger partial charge in [-0.2, -0.15) is 29.9 Å². The highest BCUT2D eigenvalue weighted by atomic mass is 35.5. The molecule has 12 aromatic rings. The minimum atomic E-state index is -0.434. The van der Waals surface area contributed by atoms with Crippen LogP contribution in [-0.2, 0) is 14.4 Å².